The Morgan fingerprint density at radius 3 is 2.64 bits per heavy atom. The van der Waals surface area contributed by atoms with Crippen LogP contribution in [0, 0.1) is 5.41 Å². The number of hydrogen-bond donors (Lipinski definition) is 0. The van der Waals surface area contributed by atoms with Gasteiger partial charge in [0.15, 0.2) is 11.5 Å². The highest BCUT2D eigenvalue weighted by Gasteiger charge is 2.41. The quantitative estimate of drug-likeness (QED) is 0.800. The fourth-order valence-corrected chi connectivity index (χ4v) is 2.44. The first-order valence-corrected chi connectivity index (χ1v) is 7.13. The molecule has 6 nitrogen and oxygen atoms in total. The van der Waals surface area contributed by atoms with Gasteiger partial charge in [0, 0.05) is 12.5 Å². The minimum Gasteiger partial charge on any atom is -0.461 e. The maximum Gasteiger partial charge on any atom is 0.421 e. The standard InChI is InChI=1S/C16H22N2O4/c1-16(2)9-11-7-6-8-21-13(11)14(16)22-15(20)18(5)12(19)10-17(3)4/h6-8H,9-10H2,1-5H3. The van der Waals surface area contributed by atoms with E-state index in [1.165, 1.54) is 7.05 Å². The minimum atomic E-state index is -0.693. The van der Waals surface area contributed by atoms with Gasteiger partial charge in [0.25, 0.3) is 0 Å². The maximum absolute atomic E-state index is 12.2. The molecule has 1 heterocycles. The Kier molecular flexibility index (Phi) is 4.42. The zero-order valence-electron chi connectivity index (χ0n) is 13.7. The lowest BCUT2D eigenvalue weighted by atomic mass is 9.90. The maximum atomic E-state index is 12.2. The number of likely N-dealkylation sites (N-methyl/N-ethyl adjacent to an activating group) is 2. The summed E-state index contributed by atoms with van der Waals surface area (Å²) in [6.07, 6.45) is 5.34. The molecule has 0 spiro atoms. The lowest BCUT2D eigenvalue weighted by Crippen LogP contribution is -2.39. The third-order valence-electron chi connectivity index (χ3n) is 3.60. The molecule has 2 aliphatic rings. The minimum absolute atomic E-state index is 0.144. The number of allylic oxidation sites excluding steroid dienone is 4. The van der Waals surface area contributed by atoms with Gasteiger partial charge in [-0.2, -0.15) is 0 Å². The zero-order chi connectivity index (χ0) is 16.5. The fourth-order valence-electron chi connectivity index (χ4n) is 2.44. The summed E-state index contributed by atoms with van der Waals surface area (Å²) in [5.74, 6) is 0.725. The van der Waals surface area contributed by atoms with Crippen LogP contribution in [0.25, 0.3) is 0 Å². The summed E-state index contributed by atoms with van der Waals surface area (Å²) in [6, 6.07) is 0. The number of rotatable bonds is 3. The molecule has 2 rings (SSSR count). The van der Waals surface area contributed by atoms with E-state index in [1.54, 1.807) is 25.3 Å². The Morgan fingerprint density at radius 1 is 1.32 bits per heavy atom. The van der Waals surface area contributed by atoms with Crippen LogP contribution < -0.4 is 0 Å². The molecule has 120 valence electrons. The van der Waals surface area contributed by atoms with Crippen LogP contribution in [0.1, 0.15) is 20.3 Å². The topological polar surface area (TPSA) is 59.1 Å². The van der Waals surface area contributed by atoms with E-state index in [1.807, 2.05) is 26.0 Å². The smallest absolute Gasteiger partial charge is 0.421 e. The van der Waals surface area contributed by atoms with Gasteiger partial charge in [-0.1, -0.05) is 19.9 Å². The van der Waals surface area contributed by atoms with Gasteiger partial charge in [0.1, 0.15) is 0 Å². The Bertz CT molecular complexity index is 585. The molecule has 22 heavy (non-hydrogen) atoms. The van der Waals surface area contributed by atoms with Crippen LogP contribution in [0.4, 0.5) is 4.79 Å². The molecule has 0 aromatic rings. The molecular formula is C16H22N2O4. The van der Waals surface area contributed by atoms with Gasteiger partial charge in [0.2, 0.25) is 5.91 Å². The van der Waals surface area contributed by atoms with Crippen molar-refractivity contribution in [1.82, 2.24) is 9.80 Å². The SMILES string of the molecule is CN(C)CC(=O)N(C)C(=O)OC1=C2OC=CC=C2CC1(C)C. The molecule has 2 amide bonds. The molecule has 0 fully saturated rings. The molecule has 0 bridgehead atoms. The number of hydrogen-bond acceptors (Lipinski definition) is 5. The van der Waals surface area contributed by atoms with Crippen LogP contribution in [-0.4, -0.2) is 49.5 Å². The van der Waals surface area contributed by atoms with Crippen molar-refractivity contribution in [2.45, 2.75) is 20.3 Å². The average molecular weight is 306 g/mol. The first-order valence-electron chi connectivity index (χ1n) is 7.13. The van der Waals surface area contributed by atoms with Crippen molar-refractivity contribution in [3.8, 4) is 0 Å². The normalized spacial score (nSPS) is 18.7. The van der Waals surface area contributed by atoms with E-state index in [2.05, 4.69) is 0 Å². The highest BCUT2D eigenvalue weighted by atomic mass is 16.6. The molecule has 1 aliphatic heterocycles. The second-order valence-corrected chi connectivity index (χ2v) is 6.42. The van der Waals surface area contributed by atoms with Crippen LogP contribution >= 0.6 is 0 Å². The van der Waals surface area contributed by atoms with Gasteiger partial charge in [-0.15, -0.1) is 0 Å². The van der Waals surface area contributed by atoms with Crippen LogP contribution in [0.2, 0.25) is 0 Å². The molecule has 6 heteroatoms. The van der Waals surface area contributed by atoms with Gasteiger partial charge in [-0.25, -0.2) is 9.69 Å². The van der Waals surface area contributed by atoms with Gasteiger partial charge in [0.05, 0.1) is 12.8 Å². The number of imide groups is 1. The Hall–Kier alpha value is -2.08. The highest BCUT2D eigenvalue weighted by molar-refractivity contribution is 5.93. The van der Waals surface area contributed by atoms with E-state index in [0.29, 0.717) is 11.5 Å². The van der Waals surface area contributed by atoms with Crippen molar-refractivity contribution in [2.75, 3.05) is 27.7 Å². The molecule has 0 aromatic heterocycles. The van der Waals surface area contributed by atoms with Crippen LogP contribution in [0.3, 0.4) is 0 Å². The van der Waals surface area contributed by atoms with Crippen LogP contribution in [0.15, 0.2) is 35.5 Å². The first kappa shape index (κ1) is 16.3. The fraction of sp³-hybridized carbons (Fsp3) is 0.500. The van der Waals surface area contributed by atoms with Crippen molar-refractivity contribution < 1.29 is 19.1 Å². The number of carbonyl (C=O) groups excluding carboxylic acids is 2. The van der Waals surface area contributed by atoms with Gasteiger partial charge in [-0.05, 0) is 32.2 Å². The van der Waals surface area contributed by atoms with E-state index in [9.17, 15) is 9.59 Å². The Balaban J connectivity index is 2.15. The van der Waals surface area contributed by atoms with Crippen molar-refractivity contribution in [2.24, 2.45) is 5.41 Å². The molecule has 0 unspecified atom stereocenters. The largest absolute Gasteiger partial charge is 0.461 e. The zero-order valence-corrected chi connectivity index (χ0v) is 13.7. The Morgan fingerprint density at radius 2 is 2.00 bits per heavy atom. The summed E-state index contributed by atoms with van der Waals surface area (Å²) in [5.41, 5.74) is 0.645. The predicted octanol–water partition coefficient (Wildman–Crippen LogP) is 2.25. The third kappa shape index (κ3) is 3.22. The van der Waals surface area contributed by atoms with Crippen LogP contribution in [0.5, 0.6) is 0 Å². The number of amides is 2. The van der Waals surface area contributed by atoms with Crippen molar-refractivity contribution in [3.63, 3.8) is 0 Å². The summed E-state index contributed by atoms with van der Waals surface area (Å²) in [6.45, 7) is 4.10. The lowest BCUT2D eigenvalue weighted by Gasteiger charge is -2.23. The van der Waals surface area contributed by atoms with Crippen molar-refractivity contribution in [3.05, 3.63) is 35.5 Å². The van der Waals surface area contributed by atoms with Crippen molar-refractivity contribution >= 4 is 12.0 Å². The van der Waals surface area contributed by atoms with Gasteiger partial charge < -0.3 is 14.4 Å². The number of nitrogens with zero attached hydrogens (tertiary/aromatic N) is 2. The second-order valence-electron chi connectivity index (χ2n) is 6.42. The summed E-state index contributed by atoms with van der Waals surface area (Å²) in [5, 5.41) is 0. The molecule has 0 saturated heterocycles. The predicted molar refractivity (Wildman–Crippen MR) is 81.5 cm³/mol. The van der Waals surface area contributed by atoms with E-state index in [-0.39, 0.29) is 17.9 Å². The van der Waals surface area contributed by atoms with E-state index in [0.717, 1.165) is 16.9 Å². The Labute approximate surface area is 130 Å². The van der Waals surface area contributed by atoms with Gasteiger partial charge in [-0.3, -0.25) is 4.79 Å². The molecule has 0 saturated carbocycles. The molecule has 0 aromatic carbocycles. The molecule has 1 aliphatic carbocycles. The first-order chi connectivity index (χ1) is 10.2. The summed E-state index contributed by atoms with van der Waals surface area (Å²) < 4.78 is 11.0. The van der Waals surface area contributed by atoms with E-state index >= 15 is 0 Å². The summed E-state index contributed by atoms with van der Waals surface area (Å²) >= 11 is 0. The third-order valence-corrected chi connectivity index (χ3v) is 3.60. The number of fused-ring (bicyclic) bond motifs is 1. The molecule has 0 N–H and O–H groups in total. The highest BCUT2D eigenvalue weighted by Crippen LogP contribution is 2.47. The monoisotopic (exact) mass is 306 g/mol. The molecule has 0 atom stereocenters. The summed E-state index contributed by atoms with van der Waals surface area (Å²) in [4.78, 5) is 26.8. The summed E-state index contributed by atoms with van der Waals surface area (Å²) in [7, 11) is 4.95. The van der Waals surface area contributed by atoms with Crippen LogP contribution in [-0.2, 0) is 14.3 Å². The van der Waals surface area contributed by atoms with E-state index < -0.39 is 6.09 Å². The average Bonchev–Trinajstić information content (AvgIpc) is 2.68. The molecular weight excluding hydrogens is 284 g/mol. The number of carbonyl (C=O) groups is 2. The number of ether oxygens (including phenoxy) is 2. The van der Waals surface area contributed by atoms with Gasteiger partial charge >= 0.3 is 6.09 Å². The van der Waals surface area contributed by atoms with E-state index in [4.69, 9.17) is 9.47 Å². The molecule has 0 radical (unpaired) electrons. The second kappa shape index (κ2) is 5.96. The lowest BCUT2D eigenvalue weighted by molar-refractivity contribution is -0.128. The van der Waals surface area contributed by atoms with Crippen molar-refractivity contribution in [1.29, 1.82) is 0 Å².